The molecule has 2 aromatic carbocycles. The number of carbonyl (C=O) groups is 1. The van der Waals surface area contributed by atoms with Gasteiger partial charge in [-0.3, -0.25) is 4.79 Å². The van der Waals surface area contributed by atoms with Gasteiger partial charge in [-0.25, -0.2) is 5.43 Å². The van der Waals surface area contributed by atoms with Gasteiger partial charge >= 0.3 is 0 Å². The van der Waals surface area contributed by atoms with Crippen molar-refractivity contribution in [2.75, 3.05) is 6.61 Å². The van der Waals surface area contributed by atoms with Gasteiger partial charge in [0.2, 0.25) is 0 Å². The molecule has 2 N–H and O–H groups in total. The molecular formula is C19H21BrN2O3. The first-order valence-electron chi connectivity index (χ1n) is 8.10. The van der Waals surface area contributed by atoms with Crippen LogP contribution in [0.3, 0.4) is 0 Å². The summed E-state index contributed by atoms with van der Waals surface area (Å²) in [7, 11) is 0. The van der Waals surface area contributed by atoms with Crippen molar-refractivity contribution in [2.45, 2.75) is 26.2 Å². The molecule has 0 radical (unpaired) electrons. The van der Waals surface area contributed by atoms with E-state index < -0.39 is 0 Å². The van der Waals surface area contributed by atoms with Crippen molar-refractivity contribution in [2.24, 2.45) is 5.10 Å². The number of aryl methyl sites for hydroxylation is 1. The van der Waals surface area contributed by atoms with E-state index in [2.05, 4.69) is 33.4 Å². The van der Waals surface area contributed by atoms with Gasteiger partial charge in [-0.05, 0) is 48.7 Å². The minimum absolute atomic E-state index is 0.0839. The molecule has 0 unspecified atom stereocenters. The Morgan fingerprint density at radius 3 is 2.76 bits per heavy atom. The molecule has 1 amide bonds. The zero-order valence-corrected chi connectivity index (χ0v) is 15.6. The monoisotopic (exact) mass is 404 g/mol. The first-order valence-corrected chi connectivity index (χ1v) is 8.90. The maximum Gasteiger partial charge on any atom is 0.277 e. The molecule has 0 aromatic heterocycles. The quantitative estimate of drug-likeness (QED) is 0.515. The molecule has 5 nitrogen and oxygen atoms in total. The van der Waals surface area contributed by atoms with Crippen LogP contribution in [0, 0.1) is 0 Å². The maximum atomic E-state index is 11.7. The number of nitrogens with zero attached hydrogens (tertiary/aromatic N) is 1. The predicted molar refractivity (Wildman–Crippen MR) is 102 cm³/mol. The number of halogens is 1. The summed E-state index contributed by atoms with van der Waals surface area (Å²) in [5.74, 6) is 0.352. The van der Waals surface area contributed by atoms with Crippen molar-refractivity contribution in [3.8, 4) is 11.5 Å². The number of phenolic OH excluding ortho intramolecular Hbond substituents is 1. The highest BCUT2D eigenvalue weighted by molar-refractivity contribution is 9.10. The lowest BCUT2D eigenvalue weighted by Crippen LogP contribution is -2.24. The van der Waals surface area contributed by atoms with Gasteiger partial charge in [0.25, 0.3) is 5.91 Å². The zero-order chi connectivity index (χ0) is 18.1. The fourth-order valence-electron chi connectivity index (χ4n) is 2.12. The number of hydrogen-bond acceptors (Lipinski definition) is 4. The molecule has 0 aliphatic heterocycles. The van der Waals surface area contributed by atoms with E-state index in [1.165, 1.54) is 11.8 Å². The van der Waals surface area contributed by atoms with Crippen molar-refractivity contribution in [1.82, 2.24) is 5.43 Å². The summed E-state index contributed by atoms with van der Waals surface area (Å²) in [6, 6.07) is 12.7. The average Bonchev–Trinajstić information content (AvgIpc) is 2.62. The van der Waals surface area contributed by atoms with Crippen LogP contribution in [0.1, 0.15) is 30.9 Å². The van der Waals surface area contributed by atoms with Crippen LogP contribution in [0.15, 0.2) is 52.0 Å². The number of nitrogens with one attached hydrogen (secondary N) is 1. The molecule has 6 heteroatoms. The molecular weight excluding hydrogens is 384 g/mol. The van der Waals surface area contributed by atoms with Crippen molar-refractivity contribution < 1.29 is 14.6 Å². The minimum Gasteiger partial charge on any atom is -0.507 e. The molecule has 0 atom stereocenters. The molecule has 25 heavy (non-hydrogen) atoms. The second kappa shape index (κ2) is 9.84. The number of phenols is 1. The van der Waals surface area contributed by atoms with Gasteiger partial charge in [0.1, 0.15) is 11.5 Å². The lowest BCUT2D eigenvalue weighted by molar-refractivity contribution is -0.123. The molecule has 0 saturated heterocycles. The van der Waals surface area contributed by atoms with E-state index in [1.54, 1.807) is 18.2 Å². The molecule has 0 fully saturated rings. The summed E-state index contributed by atoms with van der Waals surface area (Å²) in [4.78, 5) is 11.7. The highest BCUT2D eigenvalue weighted by Gasteiger charge is 2.03. The van der Waals surface area contributed by atoms with E-state index in [0.717, 1.165) is 23.7 Å². The van der Waals surface area contributed by atoms with Crippen molar-refractivity contribution in [1.29, 1.82) is 0 Å². The third-order valence-corrected chi connectivity index (χ3v) is 3.99. The largest absolute Gasteiger partial charge is 0.507 e. The number of ether oxygens (including phenoxy) is 1. The molecule has 0 aliphatic rings. The first kappa shape index (κ1) is 19.0. The topological polar surface area (TPSA) is 70.9 Å². The minimum atomic E-state index is -0.374. The number of benzene rings is 2. The van der Waals surface area contributed by atoms with Crippen LogP contribution in [-0.2, 0) is 11.2 Å². The molecule has 0 saturated carbocycles. The normalized spacial score (nSPS) is 10.8. The fraction of sp³-hybridized carbons (Fsp3) is 0.263. The van der Waals surface area contributed by atoms with E-state index >= 15 is 0 Å². The number of hydrogen-bond donors (Lipinski definition) is 2. The highest BCUT2D eigenvalue weighted by Crippen LogP contribution is 2.20. The number of unbranched alkanes of at least 4 members (excludes halogenated alkanes) is 1. The Bertz CT molecular complexity index is 730. The fourth-order valence-corrected chi connectivity index (χ4v) is 2.50. The van der Waals surface area contributed by atoms with Crippen molar-refractivity contribution >= 4 is 28.1 Å². The second-order valence-corrected chi connectivity index (χ2v) is 6.45. The molecule has 0 spiro atoms. The van der Waals surface area contributed by atoms with Gasteiger partial charge in [-0.1, -0.05) is 41.4 Å². The molecule has 0 aliphatic carbocycles. The number of amides is 1. The lowest BCUT2D eigenvalue weighted by atomic mass is 10.1. The number of carbonyl (C=O) groups excluding carboxylic acids is 1. The van der Waals surface area contributed by atoms with Gasteiger partial charge in [0, 0.05) is 10.0 Å². The Morgan fingerprint density at radius 2 is 2.04 bits per heavy atom. The third kappa shape index (κ3) is 6.58. The maximum absolute atomic E-state index is 11.7. The summed E-state index contributed by atoms with van der Waals surface area (Å²) < 4.78 is 6.24. The third-order valence-electron chi connectivity index (χ3n) is 3.49. The Labute approximate surface area is 155 Å². The second-order valence-electron chi connectivity index (χ2n) is 5.53. The standard InChI is InChI=1S/C19H21BrN2O3/c1-2-3-4-14-5-8-17(9-6-14)25-13-19(24)22-21-12-15-11-16(20)7-10-18(15)23/h5-12,23H,2-4,13H2,1H3,(H,22,24)/b21-12+. The molecule has 2 aromatic rings. The number of aromatic hydroxyl groups is 1. The Kier molecular flexibility index (Phi) is 7.47. The summed E-state index contributed by atoms with van der Waals surface area (Å²) in [5, 5.41) is 13.5. The van der Waals surface area contributed by atoms with Crippen LogP contribution in [0.4, 0.5) is 0 Å². The van der Waals surface area contributed by atoms with Gasteiger partial charge < -0.3 is 9.84 Å². The van der Waals surface area contributed by atoms with E-state index in [4.69, 9.17) is 4.74 Å². The Morgan fingerprint density at radius 1 is 1.28 bits per heavy atom. The Hall–Kier alpha value is -2.34. The number of hydrazone groups is 1. The lowest BCUT2D eigenvalue weighted by Gasteiger charge is -2.06. The predicted octanol–water partition coefficient (Wildman–Crippen LogP) is 4.03. The van der Waals surface area contributed by atoms with Crippen molar-refractivity contribution in [3.05, 3.63) is 58.1 Å². The zero-order valence-electron chi connectivity index (χ0n) is 14.0. The van der Waals surface area contributed by atoms with E-state index in [9.17, 15) is 9.90 Å². The van der Waals surface area contributed by atoms with E-state index in [1.807, 2.05) is 24.3 Å². The summed E-state index contributed by atoms with van der Waals surface area (Å²) >= 11 is 3.31. The summed E-state index contributed by atoms with van der Waals surface area (Å²) in [5.41, 5.74) is 4.13. The highest BCUT2D eigenvalue weighted by atomic mass is 79.9. The Balaban J connectivity index is 1.78. The van der Waals surface area contributed by atoms with Gasteiger partial charge in [0.15, 0.2) is 6.61 Å². The van der Waals surface area contributed by atoms with Crippen LogP contribution < -0.4 is 10.2 Å². The SMILES string of the molecule is CCCCc1ccc(OCC(=O)N/N=C/c2cc(Br)ccc2O)cc1. The van der Waals surface area contributed by atoms with Crippen LogP contribution in [-0.4, -0.2) is 23.8 Å². The molecule has 0 heterocycles. The van der Waals surface area contributed by atoms with E-state index in [-0.39, 0.29) is 18.3 Å². The van der Waals surface area contributed by atoms with Gasteiger partial charge in [0.05, 0.1) is 6.21 Å². The summed E-state index contributed by atoms with van der Waals surface area (Å²) in [6.45, 7) is 2.03. The van der Waals surface area contributed by atoms with E-state index in [0.29, 0.717) is 11.3 Å². The van der Waals surface area contributed by atoms with Crippen LogP contribution in [0.25, 0.3) is 0 Å². The van der Waals surface area contributed by atoms with Crippen molar-refractivity contribution in [3.63, 3.8) is 0 Å². The van der Waals surface area contributed by atoms with Gasteiger partial charge in [-0.15, -0.1) is 0 Å². The molecule has 132 valence electrons. The van der Waals surface area contributed by atoms with Gasteiger partial charge in [-0.2, -0.15) is 5.10 Å². The molecule has 2 rings (SSSR count). The number of rotatable bonds is 8. The first-order chi connectivity index (χ1) is 12.1. The molecule has 0 bridgehead atoms. The smallest absolute Gasteiger partial charge is 0.277 e. The average molecular weight is 405 g/mol. The summed E-state index contributed by atoms with van der Waals surface area (Å²) in [6.07, 6.45) is 4.75. The van der Waals surface area contributed by atoms with Crippen LogP contribution in [0.2, 0.25) is 0 Å². The van der Waals surface area contributed by atoms with Crippen LogP contribution in [0.5, 0.6) is 11.5 Å². The van der Waals surface area contributed by atoms with Crippen LogP contribution >= 0.6 is 15.9 Å².